The summed E-state index contributed by atoms with van der Waals surface area (Å²) in [5.41, 5.74) is 31.4. The molecule has 0 fully saturated rings. The summed E-state index contributed by atoms with van der Waals surface area (Å²) >= 11 is 0. The van der Waals surface area contributed by atoms with Crippen LogP contribution in [0.3, 0.4) is 0 Å². The second-order valence-electron chi connectivity index (χ2n) is 30.6. The van der Waals surface area contributed by atoms with Gasteiger partial charge in [0.05, 0.1) is 40.2 Å². The van der Waals surface area contributed by atoms with Crippen molar-refractivity contribution in [2.24, 2.45) is 0 Å². The van der Waals surface area contributed by atoms with Crippen molar-refractivity contribution in [3.63, 3.8) is 0 Å². The Hall–Kier alpha value is -14.3. The topological polar surface area (TPSA) is 28.4 Å². The number of methoxy groups -OCH3 is 1. The minimum absolute atomic E-state index is 0.00492. The third kappa shape index (κ3) is 15.7. The van der Waals surface area contributed by atoms with Gasteiger partial charge in [-0.05, 0) is 194 Å². The molecule has 5 heterocycles. The number of hydrogen-bond acceptors (Lipinski definition) is 2. The lowest BCUT2D eigenvalue weighted by atomic mass is 9.80. The van der Waals surface area contributed by atoms with Crippen LogP contribution in [0.25, 0.3) is 57.5 Å². The Balaban J connectivity index is 0.000000116. The lowest BCUT2D eigenvalue weighted by Crippen LogP contribution is -2.28. The van der Waals surface area contributed by atoms with Crippen molar-refractivity contribution in [3.05, 3.63) is 476 Å². The maximum Gasteiger partial charge on any atom is 0.159 e. The number of para-hydroxylation sites is 2. The largest absolute Gasteiger partial charge is 0.498 e. The van der Waals surface area contributed by atoms with Crippen LogP contribution in [0.2, 0.25) is 0 Å². The highest BCUT2D eigenvalue weighted by atomic mass is 19.1. The zero-order chi connectivity index (χ0) is 81.8. The molecule has 0 radical (unpaired) electrons. The standard InChI is InChI=1S/C29H24N2.C26H23N.C18H16FN.C18H17NO.C17H14FN/c1-22-21-26(31(24-12-5-3-6-13-24)25-14-7-4-8-15-25)17-18-27(22)29-28-16-10-9-11-23(28)19-20-30(29)2;1-17-15-22-20-11-7-8-12-23(20)26(2,3)24(22)16-21(17)25-19-10-6-5-9-18(19)13-14-27(25)4;1-12-11-17(19)13(2)10-16(12)18-15-7-5-4-6-14(15)8-9-20(18)3;1-13-12-15(20-3)8-9-16(13)18-17-7-5-4-6-14(17)10-11-19(18)2;1-12-11-14(18)7-8-15(12)17-16-6-4-3-5-13(16)9-10-19(17)2/h3-21H,2H2,1H3;5-16H,4H2,1-3H3;4-11H,3H2,1-2H3;4-12H,2H2,1,3H3;3-11H,2H2,1H3. The van der Waals surface area contributed by atoms with Crippen molar-refractivity contribution >= 4 is 79.0 Å². The van der Waals surface area contributed by atoms with Crippen LogP contribution >= 0.6 is 0 Å². The van der Waals surface area contributed by atoms with Crippen LogP contribution in [0.5, 0.6) is 5.75 Å². The summed E-state index contributed by atoms with van der Waals surface area (Å²) in [6.45, 7) is 33.3. The number of anilines is 3. The van der Waals surface area contributed by atoms with Crippen molar-refractivity contribution < 1.29 is 36.4 Å². The Labute approximate surface area is 688 Å². The molecule has 0 N–H and O–H groups in total. The van der Waals surface area contributed by atoms with E-state index < -0.39 is 0 Å². The lowest BCUT2D eigenvalue weighted by molar-refractivity contribution is -0.599. The number of aryl methyl sites for hydroxylation is 6. The van der Waals surface area contributed by atoms with Gasteiger partial charge in [-0.2, -0.15) is 0 Å². The molecule has 0 bridgehead atoms. The minimum atomic E-state index is -0.211. The van der Waals surface area contributed by atoms with Crippen molar-refractivity contribution in [1.82, 2.24) is 0 Å². The van der Waals surface area contributed by atoms with Gasteiger partial charge in [0, 0.05) is 29.5 Å². The second kappa shape index (κ2) is 33.4. The first-order valence-electron chi connectivity index (χ1n) is 39.3. The van der Waals surface area contributed by atoms with E-state index in [0.717, 1.165) is 91.1 Å². The quantitative estimate of drug-likeness (QED) is 0.106. The highest BCUT2D eigenvalue weighted by molar-refractivity contribution is 5.94. The number of fused-ring (bicyclic) bond motifs is 8. The van der Waals surface area contributed by atoms with Gasteiger partial charge in [-0.25, -0.2) is 27.1 Å². The van der Waals surface area contributed by atoms with E-state index in [2.05, 4.69) is 322 Å². The van der Waals surface area contributed by atoms with Crippen LogP contribution in [-0.4, -0.2) is 52.3 Å². The van der Waals surface area contributed by atoms with Gasteiger partial charge >= 0.3 is 0 Å². The fourth-order valence-corrected chi connectivity index (χ4v) is 16.5. The van der Waals surface area contributed by atoms with E-state index in [1.807, 2.05) is 116 Å². The minimum Gasteiger partial charge on any atom is -0.498 e. The summed E-state index contributed by atoms with van der Waals surface area (Å²) in [6, 6.07) is 104. The molecule has 5 aliphatic rings. The molecule has 9 heteroatoms. The number of pyridine rings is 1. The Kier molecular flexibility index (Phi) is 22.3. The molecule has 0 unspecified atom stereocenters. The molecular weight excluding hydrogens is 1440 g/mol. The van der Waals surface area contributed by atoms with Gasteiger partial charge in [-0.3, -0.25) is 0 Å². The van der Waals surface area contributed by atoms with Crippen LogP contribution in [-0.2, 0) is 5.41 Å². The van der Waals surface area contributed by atoms with Crippen LogP contribution in [0.1, 0.15) is 125 Å². The van der Waals surface area contributed by atoms with Crippen LogP contribution in [0, 0.1) is 84.4 Å². The molecule has 1 aromatic heterocycles. The van der Waals surface area contributed by atoms with Crippen LogP contribution < -0.4 is 14.2 Å². The Bertz CT molecular complexity index is 6300. The Morgan fingerprint density at radius 2 is 0.786 bits per heavy atom. The molecule has 19 rings (SSSR count). The van der Waals surface area contributed by atoms with Gasteiger partial charge in [-0.15, -0.1) is 0 Å². The summed E-state index contributed by atoms with van der Waals surface area (Å²) in [5, 5.41) is 2.43. The summed E-state index contributed by atoms with van der Waals surface area (Å²) < 4.78 is 41.8. The molecule has 1 aliphatic carbocycles. The van der Waals surface area contributed by atoms with E-state index in [1.54, 1.807) is 26.2 Å². The molecule has 13 aromatic carbocycles. The van der Waals surface area contributed by atoms with Gasteiger partial charge in [0.2, 0.25) is 0 Å². The number of nitrogens with zero attached hydrogens (tertiary/aromatic N) is 6. The lowest BCUT2D eigenvalue weighted by Gasteiger charge is -2.28. The summed E-state index contributed by atoms with van der Waals surface area (Å²) in [5.74, 6) is 0.501. The number of hydrogen-bond donors (Lipinski definition) is 0. The fourth-order valence-electron chi connectivity index (χ4n) is 16.5. The highest BCUT2D eigenvalue weighted by Gasteiger charge is 2.37. The van der Waals surface area contributed by atoms with E-state index >= 15 is 0 Å². The molecule has 0 atom stereocenters. The summed E-state index contributed by atoms with van der Waals surface area (Å²) in [4.78, 5) is 2.29. The molecule has 0 spiro atoms. The zero-order valence-electron chi connectivity index (χ0n) is 67.8. The maximum atomic E-state index is 13.7. The van der Waals surface area contributed by atoms with Crippen molar-refractivity contribution in [2.45, 2.75) is 60.8 Å². The summed E-state index contributed by atoms with van der Waals surface area (Å²) in [6.07, 6.45) is 18.3. The SMILES string of the molecule is C=[N+]1C=Cc2ccccc2[C-]1c1cc(C)c(F)cc1C.C=[N+]1C=Cc2ccccc2[C-]1c1cc2c(cc1C)-c1ccccc1C2(C)C.C=[N+]1C=Cc2ccccc2[C-]1c1ccc(F)cc1C.C=[N+]1C=Cc2ccccc2[C-]1c1ccc(OC)cc1C.[CH2-][n+]1ccc2ccccc2c1-c1ccc(N(c2ccccc2)c2ccccc2)cc1C. The average molecular weight is 1530 g/mol. The Morgan fingerprint density at radius 3 is 1.29 bits per heavy atom. The number of ether oxygens (including phenoxy) is 1. The summed E-state index contributed by atoms with van der Waals surface area (Å²) in [7, 11) is 5.94. The van der Waals surface area contributed by atoms with E-state index in [0.29, 0.717) is 5.56 Å². The van der Waals surface area contributed by atoms with Gasteiger partial charge in [0.25, 0.3) is 0 Å². The van der Waals surface area contributed by atoms with E-state index in [1.165, 1.54) is 101 Å². The first-order valence-corrected chi connectivity index (χ1v) is 39.3. The normalized spacial score (nSPS) is 13.4. The maximum absolute atomic E-state index is 13.7. The smallest absolute Gasteiger partial charge is 0.159 e. The predicted molar refractivity (Wildman–Crippen MR) is 480 cm³/mol. The van der Waals surface area contributed by atoms with Crippen molar-refractivity contribution in [3.8, 4) is 28.1 Å². The molecule has 576 valence electrons. The molecule has 7 nitrogen and oxygen atoms in total. The van der Waals surface area contributed by atoms with Gasteiger partial charge in [0.1, 0.15) is 47.9 Å². The second-order valence-corrected chi connectivity index (χ2v) is 30.6. The number of benzene rings is 13. The number of halogens is 2. The van der Waals surface area contributed by atoms with Crippen LogP contribution in [0.15, 0.2) is 322 Å². The number of rotatable bonds is 9. The van der Waals surface area contributed by atoms with E-state index in [4.69, 9.17) is 4.74 Å². The molecule has 0 saturated heterocycles. The fraction of sp³-hybridized carbons (Fsp3) is 0.0926. The molecular formula is C108H94F2N6O. The first-order chi connectivity index (χ1) is 56.6. The predicted octanol–water partition coefficient (Wildman–Crippen LogP) is 24.6. The van der Waals surface area contributed by atoms with E-state index in [-0.39, 0.29) is 17.0 Å². The third-order valence-corrected chi connectivity index (χ3v) is 22.5. The van der Waals surface area contributed by atoms with Crippen LogP contribution in [0.4, 0.5) is 25.8 Å². The molecule has 117 heavy (non-hydrogen) atoms. The monoisotopic (exact) mass is 1530 g/mol. The van der Waals surface area contributed by atoms with Gasteiger partial charge < -0.3 is 14.2 Å². The molecule has 4 aliphatic heterocycles. The molecule has 0 saturated carbocycles. The molecule has 14 aromatic rings. The third-order valence-electron chi connectivity index (χ3n) is 22.5. The number of aromatic nitrogens is 1. The average Bonchev–Trinajstić information content (AvgIpc) is 1.57. The van der Waals surface area contributed by atoms with Gasteiger partial charge in [-0.1, -0.05) is 316 Å². The first kappa shape index (κ1) is 78.0. The van der Waals surface area contributed by atoms with Crippen molar-refractivity contribution in [2.75, 3.05) is 12.0 Å². The molecule has 0 amide bonds. The zero-order valence-corrected chi connectivity index (χ0v) is 67.8. The Morgan fingerprint density at radius 1 is 0.350 bits per heavy atom. The van der Waals surface area contributed by atoms with Gasteiger partial charge in [0.15, 0.2) is 24.2 Å². The van der Waals surface area contributed by atoms with E-state index in [9.17, 15) is 8.78 Å². The van der Waals surface area contributed by atoms with Crippen molar-refractivity contribution in [1.29, 1.82) is 0 Å². The highest BCUT2D eigenvalue weighted by Crippen LogP contribution is 2.51.